The minimum absolute atomic E-state index is 0. The molecule has 1 rings (SSSR count). The second kappa shape index (κ2) is 15.8. The van der Waals surface area contributed by atoms with E-state index in [-0.39, 0.29) is 63.2 Å². The first-order chi connectivity index (χ1) is 12.9. The third-order valence-corrected chi connectivity index (χ3v) is 4.30. The Kier molecular flexibility index (Phi) is 16.9. The number of halogens is 3. The average molecular weight is 443 g/mol. The Morgan fingerprint density at radius 1 is 1.10 bits per heavy atom. The third-order valence-electron chi connectivity index (χ3n) is 4.30. The fourth-order valence-electron chi connectivity index (χ4n) is 2.23. The maximum Gasteiger partial charge on any atom is 1.00 e. The van der Waals surface area contributed by atoms with Crippen LogP contribution in [-0.2, 0) is 11.2 Å². The molecule has 2 atom stereocenters. The number of likely N-dealkylation sites (N-methyl/N-ethyl adjacent to an activating group) is 1. The Bertz CT molecular complexity index is 641. The Hall–Kier alpha value is 0.00636. The van der Waals surface area contributed by atoms with Crippen molar-refractivity contribution in [2.45, 2.75) is 66.1 Å². The molecular formula is C21H34F3KN2O2. The van der Waals surface area contributed by atoms with Gasteiger partial charge in [0, 0.05) is 12.7 Å². The molecule has 1 heterocycles. The van der Waals surface area contributed by atoms with Gasteiger partial charge in [-0.05, 0) is 50.9 Å². The molecule has 0 radical (unpaired) electrons. The van der Waals surface area contributed by atoms with E-state index < -0.39 is 29.8 Å². The molecule has 4 nitrogen and oxygen atoms in total. The van der Waals surface area contributed by atoms with Gasteiger partial charge in [0.05, 0.1) is 11.7 Å². The first kappa shape index (κ1) is 31.2. The zero-order valence-corrected chi connectivity index (χ0v) is 22.1. The number of aromatic nitrogens is 1. The number of carbonyl (C=O) groups excluding carboxylic acids is 1. The second-order valence-electron chi connectivity index (χ2n) is 8.05. The van der Waals surface area contributed by atoms with Crippen molar-refractivity contribution in [3.05, 3.63) is 33.7 Å². The SMILES string of the molecule is CC(C)C(C)F.CC(C)CC([C-]=O)n1cc(CCN(C)C)cc(C(F)F)c1=O.[K+]. The molecule has 2 unspecified atom stereocenters. The molecule has 0 saturated carbocycles. The standard InChI is InChI=1S/C16H23F2N2O2.C5H11F.K/c1-11(2)7-13(10-21)20-9-12(5-6-19(3)4)8-14(15(17)18)16(20)22;1-4(2)5(3)6;/h8-9,11,13,15H,5-7H2,1-4H3;4-5H,1-3H3;/q-1;;+1. The fraction of sp³-hybridized carbons (Fsp3) is 0.714. The minimum Gasteiger partial charge on any atom is -0.540 e. The zero-order chi connectivity index (χ0) is 22.0. The second-order valence-corrected chi connectivity index (χ2v) is 8.05. The molecule has 29 heavy (non-hydrogen) atoms. The van der Waals surface area contributed by atoms with E-state index in [1.807, 2.05) is 46.7 Å². The van der Waals surface area contributed by atoms with Gasteiger partial charge in [-0.3, -0.25) is 4.79 Å². The summed E-state index contributed by atoms with van der Waals surface area (Å²) in [5.41, 5.74) is -0.745. The van der Waals surface area contributed by atoms with Crippen LogP contribution in [0.25, 0.3) is 0 Å². The molecule has 0 N–H and O–H groups in total. The van der Waals surface area contributed by atoms with Gasteiger partial charge < -0.3 is 14.3 Å². The van der Waals surface area contributed by atoms with Crippen LogP contribution in [0.5, 0.6) is 0 Å². The molecule has 0 amide bonds. The van der Waals surface area contributed by atoms with Crippen molar-refractivity contribution >= 4 is 6.29 Å². The smallest absolute Gasteiger partial charge is 0.540 e. The van der Waals surface area contributed by atoms with Crippen LogP contribution in [0.2, 0.25) is 0 Å². The monoisotopic (exact) mass is 442 g/mol. The van der Waals surface area contributed by atoms with Gasteiger partial charge in [-0.1, -0.05) is 40.2 Å². The van der Waals surface area contributed by atoms with Gasteiger partial charge in [0.25, 0.3) is 12.0 Å². The van der Waals surface area contributed by atoms with E-state index in [2.05, 4.69) is 0 Å². The van der Waals surface area contributed by atoms with Crippen molar-refractivity contribution in [3.8, 4) is 0 Å². The number of alkyl halides is 3. The Morgan fingerprint density at radius 2 is 1.62 bits per heavy atom. The summed E-state index contributed by atoms with van der Waals surface area (Å²) in [6, 6.07) is 0.411. The summed E-state index contributed by atoms with van der Waals surface area (Å²) in [6.45, 7) is 9.78. The van der Waals surface area contributed by atoms with E-state index in [0.29, 0.717) is 24.9 Å². The van der Waals surface area contributed by atoms with E-state index >= 15 is 0 Å². The van der Waals surface area contributed by atoms with Gasteiger partial charge >= 0.3 is 51.4 Å². The van der Waals surface area contributed by atoms with Crippen LogP contribution in [0.4, 0.5) is 13.2 Å². The van der Waals surface area contributed by atoms with Gasteiger partial charge in [-0.2, -0.15) is 0 Å². The first-order valence-corrected chi connectivity index (χ1v) is 9.60. The van der Waals surface area contributed by atoms with Crippen molar-refractivity contribution in [2.24, 2.45) is 11.8 Å². The van der Waals surface area contributed by atoms with E-state index in [9.17, 15) is 22.8 Å². The molecule has 0 aliphatic carbocycles. The van der Waals surface area contributed by atoms with Gasteiger partial charge in [-0.25, -0.2) is 19.5 Å². The van der Waals surface area contributed by atoms with Crippen LogP contribution in [0.3, 0.4) is 0 Å². The van der Waals surface area contributed by atoms with Gasteiger partial charge in [-0.15, -0.1) is 0 Å². The number of rotatable bonds is 9. The van der Waals surface area contributed by atoms with Gasteiger partial charge in [0.1, 0.15) is 0 Å². The Morgan fingerprint density at radius 3 is 1.97 bits per heavy atom. The number of hydrogen-bond donors (Lipinski definition) is 0. The number of nitrogens with zero attached hydrogens (tertiary/aromatic N) is 2. The van der Waals surface area contributed by atoms with Gasteiger partial charge in [0.15, 0.2) is 0 Å². The molecular weight excluding hydrogens is 408 g/mol. The number of hydrogen-bond acceptors (Lipinski definition) is 3. The summed E-state index contributed by atoms with van der Waals surface area (Å²) >= 11 is 0. The average Bonchev–Trinajstić information content (AvgIpc) is 2.58. The maximum absolute atomic E-state index is 13.1. The summed E-state index contributed by atoms with van der Waals surface area (Å²) in [4.78, 5) is 25.3. The van der Waals surface area contributed by atoms with E-state index in [4.69, 9.17) is 0 Å². The summed E-state index contributed by atoms with van der Waals surface area (Å²) in [7, 11) is 3.76. The molecule has 0 aromatic carbocycles. The van der Waals surface area contributed by atoms with Crippen LogP contribution in [-0.4, -0.2) is 42.6 Å². The van der Waals surface area contributed by atoms with E-state index in [1.165, 1.54) is 12.3 Å². The molecule has 0 saturated heterocycles. The summed E-state index contributed by atoms with van der Waals surface area (Å²) in [6.07, 6.45) is 0.731. The molecule has 0 aliphatic heterocycles. The van der Waals surface area contributed by atoms with Crippen molar-refractivity contribution in [1.82, 2.24) is 9.47 Å². The van der Waals surface area contributed by atoms with Crippen LogP contribution >= 0.6 is 0 Å². The van der Waals surface area contributed by atoms with E-state index in [1.54, 1.807) is 13.2 Å². The van der Waals surface area contributed by atoms with Crippen LogP contribution in [0, 0.1) is 11.8 Å². The summed E-state index contributed by atoms with van der Waals surface area (Å²) in [5, 5.41) is 0. The predicted octanol–water partition coefficient (Wildman–Crippen LogP) is 1.59. The quantitative estimate of drug-likeness (QED) is 0.431. The molecule has 162 valence electrons. The third kappa shape index (κ3) is 12.4. The molecule has 1 aromatic heterocycles. The Labute approximate surface area is 215 Å². The van der Waals surface area contributed by atoms with Crippen LogP contribution in [0.1, 0.15) is 64.6 Å². The van der Waals surface area contributed by atoms with Crippen molar-refractivity contribution in [1.29, 1.82) is 0 Å². The van der Waals surface area contributed by atoms with Crippen molar-refractivity contribution in [2.75, 3.05) is 20.6 Å². The summed E-state index contributed by atoms with van der Waals surface area (Å²) in [5.74, 6) is 0.337. The summed E-state index contributed by atoms with van der Waals surface area (Å²) < 4.78 is 39.1. The molecule has 0 fully saturated rings. The molecule has 0 aliphatic rings. The van der Waals surface area contributed by atoms with E-state index in [0.717, 1.165) is 4.57 Å². The van der Waals surface area contributed by atoms with Crippen LogP contribution < -0.4 is 56.9 Å². The molecule has 8 heteroatoms. The first-order valence-electron chi connectivity index (χ1n) is 9.60. The normalized spacial score (nSPS) is 13.2. The molecule has 0 bridgehead atoms. The molecule has 1 aromatic rings. The minimum atomic E-state index is -2.86. The zero-order valence-electron chi connectivity index (χ0n) is 19.0. The van der Waals surface area contributed by atoms with Crippen LogP contribution in [0.15, 0.2) is 17.1 Å². The van der Waals surface area contributed by atoms with Crippen molar-refractivity contribution in [3.63, 3.8) is 0 Å². The molecule has 0 spiro atoms. The van der Waals surface area contributed by atoms with Gasteiger partial charge in [0.2, 0.25) is 0 Å². The predicted molar refractivity (Wildman–Crippen MR) is 108 cm³/mol. The number of pyridine rings is 1. The topological polar surface area (TPSA) is 42.3 Å². The van der Waals surface area contributed by atoms with Crippen molar-refractivity contribution < 1.29 is 69.4 Å². The Balaban J connectivity index is 0. The largest absolute Gasteiger partial charge is 1.00 e. The fourth-order valence-corrected chi connectivity index (χ4v) is 2.23. The maximum atomic E-state index is 13.1.